The van der Waals surface area contributed by atoms with E-state index in [1.54, 1.807) is 14.0 Å². The summed E-state index contributed by atoms with van der Waals surface area (Å²) in [5.74, 6) is 0. The highest BCUT2D eigenvalue weighted by Gasteiger charge is 2.24. The summed E-state index contributed by atoms with van der Waals surface area (Å²) in [4.78, 5) is 2.28. The van der Waals surface area contributed by atoms with E-state index in [0.29, 0.717) is 6.10 Å². The van der Waals surface area contributed by atoms with E-state index in [1.807, 2.05) is 12.1 Å². The van der Waals surface area contributed by atoms with Gasteiger partial charge in [0.25, 0.3) is 0 Å². The number of hydrogen-bond acceptors (Lipinski definition) is 3. The molecule has 94 valence electrons. The number of nitrogens with zero attached hydrogens (tertiary/aromatic N) is 1. The first kappa shape index (κ1) is 12.9. The molecule has 1 aliphatic rings. The number of rotatable bonds is 3. The molecule has 1 aliphatic heterocycles. The van der Waals surface area contributed by atoms with Gasteiger partial charge in [0.05, 0.1) is 12.2 Å². The maximum Gasteiger partial charge on any atom is 0.0782 e. The molecule has 4 heteroatoms. The first-order chi connectivity index (χ1) is 8.11. The Balaban J connectivity index is 2.27. The van der Waals surface area contributed by atoms with Crippen molar-refractivity contribution in [3.63, 3.8) is 0 Å². The van der Waals surface area contributed by atoms with Crippen LogP contribution in [0.15, 0.2) is 22.7 Å². The van der Waals surface area contributed by atoms with Crippen LogP contribution in [0.4, 0.5) is 5.69 Å². The van der Waals surface area contributed by atoms with Gasteiger partial charge in [0, 0.05) is 35.9 Å². The Morgan fingerprint density at radius 3 is 2.88 bits per heavy atom. The Morgan fingerprint density at radius 2 is 2.29 bits per heavy atom. The van der Waals surface area contributed by atoms with E-state index in [4.69, 9.17) is 4.74 Å². The Kier molecular flexibility index (Phi) is 4.07. The van der Waals surface area contributed by atoms with E-state index in [9.17, 15) is 5.11 Å². The standard InChI is InChI=1S/C13H18BrNO2/c1-9(16)12-4-3-10(14)7-13(12)15-6-5-11(8-15)17-2/h3-4,7,9,11,16H,5-6,8H2,1-2H3. The van der Waals surface area contributed by atoms with Crippen LogP contribution in [0.2, 0.25) is 0 Å². The molecule has 1 aromatic rings. The number of ether oxygens (including phenoxy) is 1. The number of anilines is 1. The van der Waals surface area contributed by atoms with Crippen LogP contribution in [-0.2, 0) is 4.74 Å². The maximum absolute atomic E-state index is 9.81. The molecule has 1 saturated heterocycles. The average molecular weight is 300 g/mol. The van der Waals surface area contributed by atoms with Crippen molar-refractivity contribution in [2.45, 2.75) is 25.6 Å². The van der Waals surface area contributed by atoms with Gasteiger partial charge in [-0.25, -0.2) is 0 Å². The molecule has 0 radical (unpaired) electrons. The van der Waals surface area contributed by atoms with Crippen LogP contribution in [0.25, 0.3) is 0 Å². The van der Waals surface area contributed by atoms with Crippen LogP contribution in [0.1, 0.15) is 25.0 Å². The zero-order chi connectivity index (χ0) is 12.4. The molecular formula is C13H18BrNO2. The molecule has 1 N–H and O–H groups in total. The second kappa shape index (κ2) is 5.38. The predicted molar refractivity (Wildman–Crippen MR) is 72.4 cm³/mol. The molecule has 17 heavy (non-hydrogen) atoms. The monoisotopic (exact) mass is 299 g/mol. The number of aliphatic hydroxyl groups is 1. The smallest absolute Gasteiger partial charge is 0.0782 e. The number of hydrogen-bond donors (Lipinski definition) is 1. The van der Waals surface area contributed by atoms with Crippen LogP contribution in [-0.4, -0.2) is 31.4 Å². The zero-order valence-electron chi connectivity index (χ0n) is 10.2. The number of benzene rings is 1. The molecule has 2 rings (SSSR count). The Hall–Kier alpha value is -0.580. The summed E-state index contributed by atoms with van der Waals surface area (Å²) in [7, 11) is 1.75. The second-order valence-electron chi connectivity index (χ2n) is 4.47. The fraction of sp³-hybridized carbons (Fsp3) is 0.538. The van der Waals surface area contributed by atoms with Crippen molar-refractivity contribution in [3.8, 4) is 0 Å². The van der Waals surface area contributed by atoms with E-state index < -0.39 is 6.10 Å². The molecule has 0 aromatic heterocycles. The van der Waals surface area contributed by atoms with E-state index >= 15 is 0 Å². The quantitative estimate of drug-likeness (QED) is 0.931. The lowest BCUT2D eigenvalue weighted by Crippen LogP contribution is -2.23. The summed E-state index contributed by atoms with van der Waals surface area (Å²) in [6.45, 7) is 3.68. The lowest BCUT2D eigenvalue weighted by atomic mass is 10.1. The third-order valence-electron chi connectivity index (χ3n) is 3.26. The van der Waals surface area contributed by atoms with Crippen LogP contribution in [0.5, 0.6) is 0 Å². The molecule has 0 saturated carbocycles. The van der Waals surface area contributed by atoms with E-state index in [-0.39, 0.29) is 0 Å². The van der Waals surface area contributed by atoms with Gasteiger partial charge >= 0.3 is 0 Å². The SMILES string of the molecule is COC1CCN(c2cc(Br)ccc2C(C)O)C1. The van der Waals surface area contributed by atoms with E-state index in [1.165, 1.54) is 0 Å². The van der Waals surface area contributed by atoms with Crippen LogP contribution >= 0.6 is 15.9 Å². The normalized spacial score (nSPS) is 21.9. The fourth-order valence-corrected chi connectivity index (χ4v) is 2.63. The van der Waals surface area contributed by atoms with Crippen LogP contribution < -0.4 is 4.90 Å². The van der Waals surface area contributed by atoms with Crippen LogP contribution in [0, 0.1) is 0 Å². The molecule has 1 fully saturated rings. The number of aliphatic hydroxyl groups excluding tert-OH is 1. The predicted octanol–water partition coefficient (Wildman–Crippen LogP) is 2.73. The van der Waals surface area contributed by atoms with E-state index in [0.717, 1.165) is 35.2 Å². The largest absolute Gasteiger partial charge is 0.389 e. The van der Waals surface area contributed by atoms with Crippen molar-refractivity contribution in [2.24, 2.45) is 0 Å². The topological polar surface area (TPSA) is 32.7 Å². The molecule has 0 bridgehead atoms. The second-order valence-corrected chi connectivity index (χ2v) is 5.39. The molecule has 2 unspecified atom stereocenters. The third-order valence-corrected chi connectivity index (χ3v) is 3.75. The number of halogens is 1. The zero-order valence-corrected chi connectivity index (χ0v) is 11.8. The summed E-state index contributed by atoms with van der Waals surface area (Å²) in [5.41, 5.74) is 2.08. The average Bonchev–Trinajstić information content (AvgIpc) is 2.76. The Morgan fingerprint density at radius 1 is 1.53 bits per heavy atom. The minimum absolute atomic E-state index is 0.302. The molecular weight excluding hydrogens is 282 g/mol. The Labute approximate surface area is 111 Å². The van der Waals surface area contributed by atoms with Gasteiger partial charge in [0.1, 0.15) is 0 Å². The highest BCUT2D eigenvalue weighted by atomic mass is 79.9. The van der Waals surface area contributed by atoms with Crippen molar-refractivity contribution >= 4 is 21.6 Å². The van der Waals surface area contributed by atoms with Crippen LogP contribution in [0.3, 0.4) is 0 Å². The van der Waals surface area contributed by atoms with Crippen molar-refractivity contribution in [3.05, 3.63) is 28.2 Å². The summed E-state index contributed by atoms with van der Waals surface area (Å²) >= 11 is 3.49. The fourth-order valence-electron chi connectivity index (χ4n) is 2.28. The van der Waals surface area contributed by atoms with Crippen molar-refractivity contribution < 1.29 is 9.84 Å². The Bertz CT molecular complexity index is 395. The van der Waals surface area contributed by atoms with Crippen molar-refractivity contribution in [1.29, 1.82) is 0 Å². The highest BCUT2D eigenvalue weighted by Crippen LogP contribution is 2.32. The molecule has 0 aliphatic carbocycles. The number of methoxy groups -OCH3 is 1. The van der Waals surface area contributed by atoms with Gasteiger partial charge in [-0.15, -0.1) is 0 Å². The van der Waals surface area contributed by atoms with Gasteiger partial charge in [-0.3, -0.25) is 0 Å². The van der Waals surface area contributed by atoms with Crippen molar-refractivity contribution in [1.82, 2.24) is 0 Å². The molecule has 0 spiro atoms. The third kappa shape index (κ3) is 2.81. The summed E-state index contributed by atoms with van der Waals surface area (Å²) in [6, 6.07) is 6.01. The molecule has 1 aromatic carbocycles. The molecule has 0 amide bonds. The summed E-state index contributed by atoms with van der Waals surface area (Å²) in [5, 5.41) is 9.81. The van der Waals surface area contributed by atoms with Gasteiger partial charge in [0.15, 0.2) is 0 Å². The minimum Gasteiger partial charge on any atom is -0.389 e. The first-order valence-corrected chi connectivity index (χ1v) is 6.66. The minimum atomic E-state index is -0.445. The lowest BCUT2D eigenvalue weighted by molar-refractivity contribution is 0.121. The molecule has 2 atom stereocenters. The van der Waals surface area contributed by atoms with Gasteiger partial charge in [-0.1, -0.05) is 22.0 Å². The van der Waals surface area contributed by atoms with E-state index in [2.05, 4.69) is 26.9 Å². The van der Waals surface area contributed by atoms with Crippen molar-refractivity contribution in [2.75, 3.05) is 25.1 Å². The maximum atomic E-state index is 9.81. The highest BCUT2D eigenvalue weighted by molar-refractivity contribution is 9.10. The lowest BCUT2D eigenvalue weighted by Gasteiger charge is -2.23. The summed E-state index contributed by atoms with van der Waals surface area (Å²) in [6.07, 6.45) is 0.901. The molecule has 1 heterocycles. The van der Waals surface area contributed by atoms with Gasteiger partial charge in [0.2, 0.25) is 0 Å². The molecule has 3 nitrogen and oxygen atoms in total. The first-order valence-electron chi connectivity index (χ1n) is 5.87. The van der Waals surface area contributed by atoms with Gasteiger partial charge in [-0.05, 0) is 25.5 Å². The summed E-state index contributed by atoms with van der Waals surface area (Å²) < 4.78 is 6.42. The van der Waals surface area contributed by atoms with Gasteiger partial charge in [-0.2, -0.15) is 0 Å². The van der Waals surface area contributed by atoms with Gasteiger partial charge < -0.3 is 14.7 Å².